The highest BCUT2D eigenvalue weighted by Gasteiger charge is 2.31. The molecule has 1 saturated heterocycles. The Labute approximate surface area is 164 Å². The van der Waals surface area contributed by atoms with Crippen LogP contribution < -0.4 is 0 Å². The number of benzene rings is 2. The summed E-state index contributed by atoms with van der Waals surface area (Å²) in [6, 6.07) is 14.9. The van der Waals surface area contributed by atoms with E-state index in [1.807, 2.05) is 18.2 Å². The van der Waals surface area contributed by atoms with E-state index in [-0.39, 0.29) is 5.91 Å². The molecule has 1 amide bonds. The molecule has 0 bridgehead atoms. The van der Waals surface area contributed by atoms with Gasteiger partial charge in [-0.25, -0.2) is 4.98 Å². The Bertz CT molecular complexity index is 967. The Morgan fingerprint density at radius 2 is 1.79 bits per heavy atom. The van der Waals surface area contributed by atoms with Crippen molar-refractivity contribution >= 4 is 17.2 Å². The number of nitrogens with zero attached hydrogens (tertiary/aromatic N) is 2. The van der Waals surface area contributed by atoms with Gasteiger partial charge in [-0.1, -0.05) is 42.5 Å². The maximum Gasteiger partial charge on any atom is 0.416 e. The molecule has 7 heteroatoms. The summed E-state index contributed by atoms with van der Waals surface area (Å²) >= 11 is 1.22. The SMILES string of the molecule is O=C(c1nc(-c2ccc(C(F)(F)F)cc2)cs1)N1CC[C@H](c2ccccc2)C1. The molecule has 2 aromatic carbocycles. The lowest BCUT2D eigenvalue weighted by atomic mass is 9.99. The molecule has 0 aliphatic carbocycles. The number of thiazole rings is 1. The zero-order valence-corrected chi connectivity index (χ0v) is 15.6. The summed E-state index contributed by atoms with van der Waals surface area (Å²) in [6.45, 7) is 1.33. The number of alkyl halides is 3. The van der Waals surface area contributed by atoms with Crippen molar-refractivity contribution in [3.8, 4) is 11.3 Å². The molecule has 3 nitrogen and oxygen atoms in total. The van der Waals surface area contributed by atoms with Gasteiger partial charge >= 0.3 is 6.18 Å². The van der Waals surface area contributed by atoms with Crippen LogP contribution in [0.15, 0.2) is 60.0 Å². The average Bonchev–Trinajstić information content (AvgIpc) is 3.38. The molecule has 0 spiro atoms. The standard InChI is InChI=1S/C21H17F3N2OS/c22-21(23,24)17-8-6-15(7-9-17)18-13-28-19(25-18)20(27)26-11-10-16(12-26)14-4-2-1-3-5-14/h1-9,13,16H,10-12H2/t16-/m0/s1. The third-order valence-corrected chi connectivity index (χ3v) is 5.77. The molecule has 144 valence electrons. The van der Waals surface area contributed by atoms with Crippen molar-refractivity contribution in [3.05, 3.63) is 76.1 Å². The quantitative estimate of drug-likeness (QED) is 0.583. The molecule has 3 aromatic rings. The van der Waals surface area contributed by atoms with Crippen molar-refractivity contribution in [2.75, 3.05) is 13.1 Å². The molecular weight excluding hydrogens is 385 g/mol. The van der Waals surface area contributed by atoms with E-state index in [4.69, 9.17) is 0 Å². The Kier molecular flexibility index (Phi) is 4.93. The molecule has 0 saturated carbocycles. The van der Waals surface area contributed by atoms with Crippen molar-refractivity contribution in [1.29, 1.82) is 0 Å². The Balaban J connectivity index is 1.46. The zero-order chi connectivity index (χ0) is 19.7. The van der Waals surface area contributed by atoms with Crippen LogP contribution in [-0.2, 0) is 6.18 Å². The molecule has 2 heterocycles. The maximum absolute atomic E-state index is 12.8. The van der Waals surface area contributed by atoms with Gasteiger partial charge in [0.25, 0.3) is 5.91 Å². The first kappa shape index (κ1) is 18.7. The van der Waals surface area contributed by atoms with Gasteiger partial charge in [0.2, 0.25) is 0 Å². The molecule has 1 aliphatic rings. The summed E-state index contributed by atoms with van der Waals surface area (Å²) in [4.78, 5) is 18.9. The number of carbonyl (C=O) groups is 1. The lowest BCUT2D eigenvalue weighted by Crippen LogP contribution is -2.28. The second kappa shape index (κ2) is 7.39. The lowest BCUT2D eigenvalue weighted by molar-refractivity contribution is -0.137. The van der Waals surface area contributed by atoms with Crippen molar-refractivity contribution in [3.63, 3.8) is 0 Å². The van der Waals surface area contributed by atoms with Crippen molar-refractivity contribution in [2.24, 2.45) is 0 Å². The number of hydrogen-bond acceptors (Lipinski definition) is 3. The molecule has 1 aromatic heterocycles. The summed E-state index contributed by atoms with van der Waals surface area (Å²) in [6.07, 6.45) is -3.46. The first-order valence-corrected chi connectivity index (χ1v) is 9.77. The number of rotatable bonds is 3. The van der Waals surface area contributed by atoms with Crippen LogP contribution in [0.1, 0.15) is 33.3 Å². The molecule has 0 unspecified atom stereocenters. The first-order valence-electron chi connectivity index (χ1n) is 8.89. The number of likely N-dealkylation sites (tertiary alicyclic amines) is 1. The van der Waals surface area contributed by atoms with Crippen molar-refractivity contribution in [1.82, 2.24) is 9.88 Å². The van der Waals surface area contributed by atoms with Gasteiger partial charge in [-0.2, -0.15) is 13.2 Å². The monoisotopic (exact) mass is 402 g/mol. The minimum Gasteiger partial charge on any atom is -0.336 e. The lowest BCUT2D eigenvalue weighted by Gasteiger charge is -2.15. The van der Waals surface area contributed by atoms with Gasteiger partial charge in [-0.05, 0) is 24.1 Å². The van der Waals surface area contributed by atoms with Crippen molar-refractivity contribution in [2.45, 2.75) is 18.5 Å². The highest BCUT2D eigenvalue weighted by Crippen LogP contribution is 2.32. The minimum absolute atomic E-state index is 0.124. The van der Waals surface area contributed by atoms with Crippen LogP contribution in [0.25, 0.3) is 11.3 Å². The van der Waals surface area contributed by atoms with E-state index >= 15 is 0 Å². The fourth-order valence-corrected chi connectivity index (χ4v) is 4.20. The summed E-state index contributed by atoms with van der Waals surface area (Å²) in [5, 5.41) is 2.07. The first-order chi connectivity index (χ1) is 13.4. The molecule has 1 aliphatic heterocycles. The molecule has 28 heavy (non-hydrogen) atoms. The zero-order valence-electron chi connectivity index (χ0n) is 14.8. The molecule has 1 fully saturated rings. The molecule has 0 N–H and O–H groups in total. The Morgan fingerprint density at radius 1 is 1.07 bits per heavy atom. The average molecular weight is 402 g/mol. The van der Waals surface area contributed by atoms with E-state index in [1.165, 1.54) is 29.0 Å². The summed E-state index contributed by atoms with van der Waals surface area (Å²) in [5.74, 6) is 0.195. The van der Waals surface area contributed by atoms with Crippen LogP contribution >= 0.6 is 11.3 Å². The fraction of sp³-hybridized carbons (Fsp3) is 0.238. The van der Waals surface area contributed by atoms with Gasteiger partial charge in [0, 0.05) is 30.0 Å². The van der Waals surface area contributed by atoms with Gasteiger partial charge in [-0.15, -0.1) is 11.3 Å². The van der Waals surface area contributed by atoms with Gasteiger partial charge in [0.05, 0.1) is 11.3 Å². The van der Waals surface area contributed by atoms with E-state index in [9.17, 15) is 18.0 Å². The number of carbonyl (C=O) groups excluding carboxylic acids is 1. The number of halogens is 3. The predicted octanol–water partition coefficient (Wildman–Crippen LogP) is 5.46. The summed E-state index contributed by atoms with van der Waals surface area (Å²) < 4.78 is 38.1. The van der Waals surface area contributed by atoms with E-state index in [1.54, 1.807) is 10.3 Å². The van der Waals surface area contributed by atoms with Crippen LogP contribution in [0.3, 0.4) is 0 Å². The van der Waals surface area contributed by atoms with Crippen molar-refractivity contribution < 1.29 is 18.0 Å². The van der Waals surface area contributed by atoms with Crippen LogP contribution in [0.2, 0.25) is 0 Å². The number of aromatic nitrogens is 1. The predicted molar refractivity (Wildman–Crippen MR) is 102 cm³/mol. The maximum atomic E-state index is 12.8. The second-order valence-electron chi connectivity index (χ2n) is 6.76. The van der Waals surface area contributed by atoms with E-state index in [2.05, 4.69) is 17.1 Å². The second-order valence-corrected chi connectivity index (χ2v) is 7.62. The third-order valence-electron chi connectivity index (χ3n) is 4.94. The summed E-state index contributed by atoms with van der Waals surface area (Å²) in [5.41, 5.74) is 1.60. The molecular formula is C21H17F3N2OS. The van der Waals surface area contributed by atoms with Crippen LogP contribution in [-0.4, -0.2) is 28.9 Å². The normalized spacial score (nSPS) is 17.1. The number of amides is 1. The van der Waals surface area contributed by atoms with Gasteiger partial charge in [0.15, 0.2) is 5.01 Å². The van der Waals surface area contributed by atoms with Gasteiger partial charge in [-0.3, -0.25) is 4.79 Å². The fourth-order valence-electron chi connectivity index (χ4n) is 3.41. The largest absolute Gasteiger partial charge is 0.416 e. The molecule has 0 radical (unpaired) electrons. The Morgan fingerprint density at radius 3 is 2.46 bits per heavy atom. The Hall–Kier alpha value is -2.67. The van der Waals surface area contributed by atoms with E-state index in [0.717, 1.165) is 18.6 Å². The van der Waals surface area contributed by atoms with E-state index < -0.39 is 11.7 Å². The third kappa shape index (κ3) is 3.80. The van der Waals surface area contributed by atoms with Gasteiger partial charge < -0.3 is 4.90 Å². The highest BCUT2D eigenvalue weighted by molar-refractivity contribution is 7.12. The topological polar surface area (TPSA) is 33.2 Å². The molecule has 1 atom stereocenters. The smallest absolute Gasteiger partial charge is 0.336 e. The number of hydrogen-bond donors (Lipinski definition) is 0. The van der Waals surface area contributed by atoms with Gasteiger partial charge in [0.1, 0.15) is 0 Å². The van der Waals surface area contributed by atoms with Crippen LogP contribution in [0.5, 0.6) is 0 Å². The van der Waals surface area contributed by atoms with Crippen LogP contribution in [0, 0.1) is 0 Å². The molecule has 4 rings (SSSR count). The summed E-state index contributed by atoms with van der Waals surface area (Å²) in [7, 11) is 0. The highest BCUT2D eigenvalue weighted by atomic mass is 32.1. The minimum atomic E-state index is -4.37. The van der Waals surface area contributed by atoms with Crippen LogP contribution in [0.4, 0.5) is 13.2 Å². The van der Waals surface area contributed by atoms with E-state index in [0.29, 0.717) is 35.3 Å².